The van der Waals surface area contributed by atoms with E-state index in [-0.39, 0.29) is 0 Å². The maximum atomic E-state index is 6.47. The summed E-state index contributed by atoms with van der Waals surface area (Å²) < 4.78 is 15.2. The first-order valence-electron chi connectivity index (χ1n) is 7.58. The molecule has 0 spiro atoms. The molecule has 0 rings (SSSR count). The second-order valence-electron chi connectivity index (χ2n) is 5.26. The molecular formula is C14H33NO2SSn. The second kappa shape index (κ2) is 11.7. The molecule has 0 aliphatic carbocycles. The third-order valence-electron chi connectivity index (χ3n) is 3.36. The third-order valence-corrected chi connectivity index (χ3v) is 18.3. The van der Waals surface area contributed by atoms with Gasteiger partial charge in [0.05, 0.1) is 0 Å². The van der Waals surface area contributed by atoms with Crippen molar-refractivity contribution in [3.63, 3.8) is 0 Å². The molecule has 0 radical (unpaired) electrons. The molecule has 0 amide bonds. The Morgan fingerprint density at radius 2 is 1.58 bits per heavy atom. The predicted octanol–water partition coefficient (Wildman–Crippen LogP) is 3.70. The number of unbranched alkanes of at least 4 members (excludes halogenated alkanes) is 1. The van der Waals surface area contributed by atoms with Crippen molar-refractivity contribution in [2.45, 2.75) is 70.0 Å². The summed E-state index contributed by atoms with van der Waals surface area (Å²) in [4.78, 5) is 0. The van der Waals surface area contributed by atoms with Crippen molar-refractivity contribution >= 4 is 31.0 Å². The SMILES string of the molecule is CCC(C)[O][Sn]([CH2]CCCN)([CH2]SC)[O]C(C)CC. The second-order valence-corrected chi connectivity index (χ2v) is 16.6. The van der Waals surface area contributed by atoms with Crippen LogP contribution in [0.4, 0.5) is 0 Å². The average Bonchev–Trinajstić information content (AvgIpc) is 2.39. The van der Waals surface area contributed by atoms with Gasteiger partial charge < -0.3 is 0 Å². The number of hydrogen-bond donors (Lipinski definition) is 1. The molecule has 0 heterocycles. The van der Waals surface area contributed by atoms with Gasteiger partial charge >= 0.3 is 129 Å². The molecular weight excluding hydrogens is 365 g/mol. The minimum atomic E-state index is -2.94. The first kappa shape index (κ1) is 20.0. The number of nitrogens with two attached hydrogens (primary N) is 1. The molecule has 0 aliphatic heterocycles. The standard InChI is InChI=1S/C4H10N.2C4H9O.C2H5S.Sn/c1-2-3-4-5;2*1-3-4(2)5;1-3-2;/h1-5H2;2*4H,3H2,1-2H3;1H2,2H3;/q;2*-1;;+2. The summed E-state index contributed by atoms with van der Waals surface area (Å²) in [6.45, 7) is 9.49. The van der Waals surface area contributed by atoms with Crippen LogP contribution in [0, 0.1) is 0 Å². The van der Waals surface area contributed by atoms with Crippen molar-refractivity contribution in [1.29, 1.82) is 0 Å². The van der Waals surface area contributed by atoms with Crippen molar-refractivity contribution in [1.82, 2.24) is 0 Å². The molecule has 0 saturated carbocycles. The van der Waals surface area contributed by atoms with E-state index in [1.54, 1.807) is 0 Å². The van der Waals surface area contributed by atoms with Crippen LogP contribution >= 0.6 is 11.8 Å². The van der Waals surface area contributed by atoms with Crippen molar-refractivity contribution in [3.05, 3.63) is 0 Å². The van der Waals surface area contributed by atoms with Crippen LogP contribution in [-0.4, -0.2) is 48.0 Å². The normalized spacial score (nSPS) is 18.0. The quantitative estimate of drug-likeness (QED) is 0.402. The first-order chi connectivity index (χ1) is 9.03. The van der Waals surface area contributed by atoms with Crippen LogP contribution in [0.2, 0.25) is 4.44 Å². The van der Waals surface area contributed by atoms with E-state index >= 15 is 0 Å². The van der Waals surface area contributed by atoms with Crippen LogP contribution in [-0.2, 0) is 6.15 Å². The van der Waals surface area contributed by atoms with Gasteiger partial charge in [-0.05, 0) is 0 Å². The van der Waals surface area contributed by atoms with E-state index in [9.17, 15) is 0 Å². The van der Waals surface area contributed by atoms with E-state index in [0.29, 0.717) is 12.2 Å². The average molecular weight is 398 g/mol. The van der Waals surface area contributed by atoms with Gasteiger partial charge in [-0.25, -0.2) is 0 Å². The molecule has 0 fully saturated rings. The molecule has 116 valence electrons. The Kier molecular flexibility index (Phi) is 12.3. The molecule has 0 bridgehead atoms. The zero-order valence-corrected chi connectivity index (χ0v) is 17.1. The van der Waals surface area contributed by atoms with Crippen molar-refractivity contribution in [2.24, 2.45) is 5.73 Å². The Bertz CT molecular complexity index is 208. The van der Waals surface area contributed by atoms with Gasteiger partial charge in [0.2, 0.25) is 0 Å². The van der Waals surface area contributed by atoms with Gasteiger partial charge in [-0.3, -0.25) is 0 Å². The summed E-state index contributed by atoms with van der Waals surface area (Å²) in [5, 5.41) is 0. The Morgan fingerprint density at radius 1 is 1.05 bits per heavy atom. The van der Waals surface area contributed by atoms with Crippen molar-refractivity contribution in [3.8, 4) is 0 Å². The first-order valence-corrected chi connectivity index (χ1v) is 15.3. The fraction of sp³-hybridized carbons (Fsp3) is 1.00. The Balaban J connectivity index is 4.75. The molecule has 2 atom stereocenters. The van der Waals surface area contributed by atoms with E-state index in [0.717, 1.165) is 40.4 Å². The third kappa shape index (κ3) is 8.81. The zero-order chi connectivity index (χ0) is 14.7. The Hall–Kier alpha value is 1.03. The summed E-state index contributed by atoms with van der Waals surface area (Å²) in [6, 6.07) is 0. The predicted molar refractivity (Wildman–Crippen MR) is 88.9 cm³/mol. The van der Waals surface area contributed by atoms with Gasteiger partial charge in [0.1, 0.15) is 0 Å². The van der Waals surface area contributed by atoms with Crippen LogP contribution in [0.25, 0.3) is 0 Å². The molecule has 0 saturated heterocycles. The molecule has 5 heteroatoms. The fourth-order valence-corrected chi connectivity index (χ4v) is 17.1. The number of hydrogen-bond acceptors (Lipinski definition) is 4. The zero-order valence-electron chi connectivity index (χ0n) is 13.4. The Morgan fingerprint density at radius 3 is 1.95 bits per heavy atom. The summed E-state index contributed by atoms with van der Waals surface area (Å²) in [5.74, 6) is 0. The van der Waals surface area contributed by atoms with Crippen LogP contribution in [0.1, 0.15) is 53.4 Å². The summed E-state index contributed by atoms with van der Waals surface area (Å²) >= 11 is -1.05. The van der Waals surface area contributed by atoms with Gasteiger partial charge in [0.15, 0.2) is 0 Å². The van der Waals surface area contributed by atoms with Gasteiger partial charge in [0, 0.05) is 0 Å². The molecule has 0 aromatic carbocycles. The van der Waals surface area contributed by atoms with Gasteiger partial charge in [-0.1, -0.05) is 0 Å². The van der Waals surface area contributed by atoms with E-state index in [2.05, 4.69) is 34.0 Å². The summed E-state index contributed by atoms with van der Waals surface area (Å²) in [5.41, 5.74) is 5.62. The van der Waals surface area contributed by atoms with E-state index in [1.165, 1.54) is 0 Å². The van der Waals surface area contributed by atoms with E-state index < -0.39 is 19.2 Å². The van der Waals surface area contributed by atoms with Crippen LogP contribution in [0.5, 0.6) is 0 Å². The molecule has 3 nitrogen and oxygen atoms in total. The molecule has 2 unspecified atom stereocenters. The van der Waals surface area contributed by atoms with Crippen LogP contribution in [0.15, 0.2) is 0 Å². The van der Waals surface area contributed by atoms with Gasteiger partial charge in [0.25, 0.3) is 0 Å². The topological polar surface area (TPSA) is 44.5 Å². The van der Waals surface area contributed by atoms with Gasteiger partial charge in [-0.2, -0.15) is 0 Å². The van der Waals surface area contributed by atoms with E-state index in [4.69, 9.17) is 11.9 Å². The Labute approximate surface area is 129 Å². The fourth-order valence-electron chi connectivity index (χ4n) is 1.94. The number of thioether (sulfide) groups is 1. The van der Waals surface area contributed by atoms with Crippen LogP contribution in [0.3, 0.4) is 0 Å². The minimum absolute atomic E-state index is 0.324. The molecule has 0 aromatic rings. The maximum absolute atomic E-state index is 6.47. The molecule has 0 aromatic heterocycles. The molecule has 19 heavy (non-hydrogen) atoms. The molecule has 2 N–H and O–H groups in total. The van der Waals surface area contributed by atoms with Crippen molar-refractivity contribution < 1.29 is 6.15 Å². The molecule has 0 aliphatic rings. The monoisotopic (exact) mass is 399 g/mol. The number of rotatable bonds is 12. The van der Waals surface area contributed by atoms with Crippen molar-refractivity contribution in [2.75, 3.05) is 16.6 Å². The van der Waals surface area contributed by atoms with Crippen LogP contribution < -0.4 is 5.73 Å². The summed E-state index contributed by atoms with van der Waals surface area (Å²) in [7, 11) is 0. The summed E-state index contributed by atoms with van der Waals surface area (Å²) in [6.07, 6.45) is 7.17. The van der Waals surface area contributed by atoms with E-state index in [1.807, 2.05) is 11.8 Å². The van der Waals surface area contributed by atoms with Gasteiger partial charge in [-0.15, -0.1) is 0 Å².